The van der Waals surface area contributed by atoms with Crippen molar-refractivity contribution in [2.75, 3.05) is 45.3 Å². The van der Waals surface area contributed by atoms with Crippen LogP contribution in [0.15, 0.2) is 54.7 Å². The minimum atomic E-state index is -1.12. The van der Waals surface area contributed by atoms with Crippen molar-refractivity contribution < 1.29 is 38.4 Å². The highest BCUT2D eigenvalue weighted by Crippen LogP contribution is 2.26. The van der Waals surface area contributed by atoms with Crippen LogP contribution in [0.2, 0.25) is 0 Å². The molecular weight excluding hydrogens is 508 g/mol. The smallest absolute Gasteiger partial charge is 0.337 e. The van der Waals surface area contributed by atoms with Crippen LogP contribution >= 0.6 is 0 Å². The summed E-state index contributed by atoms with van der Waals surface area (Å²) in [5.41, 5.74) is 0.681. The first-order valence-corrected chi connectivity index (χ1v) is 12.2. The maximum Gasteiger partial charge on any atom is 0.337 e. The Bertz CT molecular complexity index is 1310. The van der Waals surface area contributed by atoms with E-state index in [1.807, 2.05) is 0 Å². The largest absolute Gasteiger partial charge is 0.478 e. The number of nitrogens with one attached hydrogen (secondary N) is 1. The summed E-state index contributed by atoms with van der Waals surface area (Å²) < 4.78 is 22.1. The van der Waals surface area contributed by atoms with Gasteiger partial charge in [-0.05, 0) is 43.3 Å². The van der Waals surface area contributed by atoms with Crippen molar-refractivity contribution >= 4 is 23.6 Å². The van der Waals surface area contributed by atoms with Gasteiger partial charge in [-0.2, -0.15) is 4.98 Å². The number of benzene rings is 1. The molecule has 0 aliphatic carbocycles. The molecule has 0 radical (unpaired) electrons. The van der Waals surface area contributed by atoms with Gasteiger partial charge in [0.1, 0.15) is 17.7 Å². The number of rotatable bonds is 10. The van der Waals surface area contributed by atoms with Crippen LogP contribution < -0.4 is 14.8 Å². The summed E-state index contributed by atoms with van der Waals surface area (Å²) in [6.45, 7) is 4.20. The molecule has 3 aromatic rings. The monoisotopic (exact) mass is 536 g/mol. The zero-order chi connectivity index (χ0) is 27.8. The molecule has 0 saturated carbocycles. The molecule has 1 saturated heterocycles. The van der Waals surface area contributed by atoms with Gasteiger partial charge in [0, 0.05) is 44.1 Å². The fourth-order valence-corrected chi connectivity index (χ4v) is 3.72. The van der Waals surface area contributed by atoms with Gasteiger partial charge < -0.3 is 34.3 Å². The molecule has 1 fully saturated rings. The lowest BCUT2D eigenvalue weighted by molar-refractivity contribution is 0.0303. The number of anilines is 1. The number of ether oxygens (including phenoxy) is 4. The zero-order valence-corrected chi connectivity index (χ0v) is 21.5. The van der Waals surface area contributed by atoms with Crippen LogP contribution in [0.3, 0.4) is 0 Å². The zero-order valence-electron chi connectivity index (χ0n) is 21.5. The van der Waals surface area contributed by atoms with Crippen LogP contribution in [0.5, 0.6) is 17.5 Å². The van der Waals surface area contributed by atoms with Crippen molar-refractivity contribution in [1.29, 1.82) is 0 Å². The minimum absolute atomic E-state index is 0.00641. The molecule has 1 aromatic carbocycles. The molecule has 12 heteroatoms. The lowest BCUT2D eigenvalue weighted by atomic mass is 10.2. The van der Waals surface area contributed by atoms with Gasteiger partial charge in [-0.3, -0.25) is 9.59 Å². The molecule has 2 amide bonds. The van der Waals surface area contributed by atoms with E-state index in [2.05, 4.69) is 15.3 Å². The number of amides is 2. The lowest BCUT2D eigenvalue weighted by Crippen LogP contribution is -2.40. The summed E-state index contributed by atoms with van der Waals surface area (Å²) in [5.74, 6) is -0.954. The van der Waals surface area contributed by atoms with Gasteiger partial charge in [0.15, 0.2) is 0 Å². The number of aromatic carboxylic acids is 1. The first-order valence-electron chi connectivity index (χ1n) is 12.2. The SMILES string of the molecule is COC[C@@H](C)Oc1cc(C(=O)Nc2ccc(C(=O)O)cn2)cc(Oc2ccc(C(=O)N3CCOCC3)cc2)n1. The Morgan fingerprint density at radius 1 is 1.03 bits per heavy atom. The number of pyridine rings is 2. The number of nitrogens with zero attached hydrogens (tertiary/aromatic N) is 3. The predicted molar refractivity (Wildman–Crippen MR) is 139 cm³/mol. The molecule has 0 spiro atoms. The van der Waals surface area contributed by atoms with E-state index < -0.39 is 11.9 Å². The predicted octanol–water partition coefficient (Wildman–Crippen LogP) is 3.11. The number of carboxylic acid groups (broad SMARTS) is 1. The highest BCUT2D eigenvalue weighted by Gasteiger charge is 2.19. The number of hydrogen-bond donors (Lipinski definition) is 2. The molecule has 12 nitrogen and oxygen atoms in total. The number of carbonyl (C=O) groups excluding carboxylic acids is 2. The van der Waals surface area contributed by atoms with Crippen LogP contribution in [0, 0.1) is 0 Å². The van der Waals surface area contributed by atoms with E-state index in [1.165, 1.54) is 24.3 Å². The van der Waals surface area contributed by atoms with Crippen molar-refractivity contribution in [1.82, 2.24) is 14.9 Å². The standard InChI is InChI=1S/C27H28N4O8/c1-17(16-36-2)38-23-13-20(25(32)29-22-8-5-19(15-28-22)27(34)35)14-24(30-23)39-21-6-3-18(4-7-21)26(33)31-9-11-37-12-10-31/h3-8,13-15,17H,9-12,16H2,1-2H3,(H,34,35)(H,28,29,32)/t17-/m1/s1. The summed E-state index contributed by atoms with van der Waals surface area (Å²) >= 11 is 0. The minimum Gasteiger partial charge on any atom is -0.478 e. The number of carboxylic acids is 1. The van der Waals surface area contributed by atoms with Gasteiger partial charge in [0.25, 0.3) is 11.8 Å². The molecule has 0 unspecified atom stereocenters. The van der Waals surface area contributed by atoms with E-state index in [0.29, 0.717) is 44.2 Å². The summed E-state index contributed by atoms with van der Waals surface area (Å²) in [5, 5.41) is 11.7. The van der Waals surface area contributed by atoms with Gasteiger partial charge >= 0.3 is 5.97 Å². The summed E-state index contributed by atoms with van der Waals surface area (Å²) in [6, 6.07) is 12.2. The van der Waals surface area contributed by atoms with E-state index in [-0.39, 0.29) is 40.7 Å². The fourth-order valence-electron chi connectivity index (χ4n) is 3.72. The van der Waals surface area contributed by atoms with Crippen molar-refractivity contribution in [3.8, 4) is 17.5 Å². The van der Waals surface area contributed by atoms with Crippen LogP contribution in [0.1, 0.15) is 38.0 Å². The highest BCUT2D eigenvalue weighted by molar-refractivity contribution is 6.04. The molecule has 2 aromatic heterocycles. The first-order chi connectivity index (χ1) is 18.8. The second kappa shape index (κ2) is 12.8. The third-order valence-corrected chi connectivity index (χ3v) is 5.64. The van der Waals surface area contributed by atoms with Gasteiger partial charge in [-0.1, -0.05) is 0 Å². The molecule has 2 N–H and O–H groups in total. The molecule has 4 rings (SSSR count). The highest BCUT2D eigenvalue weighted by atomic mass is 16.5. The Labute approximate surface area is 224 Å². The maximum atomic E-state index is 13.0. The van der Waals surface area contributed by atoms with E-state index in [0.717, 1.165) is 6.20 Å². The Kier molecular flexibility index (Phi) is 9.02. The van der Waals surface area contributed by atoms with Gasteiger partial charge in [0.05, 0.1) is 30.9 Å². The van der Waals surface area contributed by atoms with Crippen LogP contribution in [0.4, 0.5) is 5.82 Å². The Balaban J connectivity index is 1.52. The quantitative estimate of drug-likeness (QED) is 0.396. The number of hydrogen-bond acceptors (Lipinski definition) is 9. The molecule has 1 atom stereocenters. The molecule has 1 aliphatic heterocycles. The van der Waals surface area contributed by atoms with Crippen LogP contribution in [0.25, 0.3) is 0 Å². The van der Waals surface area contributed by atoms with Crippen LogP contribution in [-0.4, -0.2) is 83.9 Å². The van der Waals surface area contributed by atoms with E-state index in [1.54, 1.807) is 43.2 Å². The first kappa shape index (κ1) is 27.5. The van der Waals surface area contributed by atoms with Crippen molar-refractivity contribution in [2.45, 2.75) is 13.0 Å². The van der Waals surface area contributed by atoms with E-state index in [9.17, 15) is 14.4 Å². The molecular formula is C27H28N4O8. The van der Waals surface area contributed by atoms with Crippen molar-refractivity contribution in [2.24, 2.45) is 0 Å². The third-order valence-electron chi connectivity index (χ3n) is 5.64. The van der Waals surface area contributed by atoms with Gasteiger partial charge in [-0.25, -0.2) is 9.78 Å². The second-order valence-electron chi connectivity index (χ2n) is 8.64. The van der Waals surface area contributed by atoms with Crippen molar-refractivity contribution in [3.63, 3.8) is 0 Å². The van der Waals surface area contributed by atoms with Crippen LogP contribution in [-0.2, 0) is 9.47 Å². The van der Waals surface area contributed by atoms with Crippen molar-refractivity contribution in [3.05, 3.63) is 71.4 Å². The molecule has 39 heavy (non-hydrogen) atoms. The molecule has 204 valence electrons. The fraction of sp³-hybridized carbons (Fsp3) is 0.296. The van der Waals surface area contributed by atoms with E-state index in [4.69, 9.17) is 24.1 Å². The average molecular weight is 537 g/mol. The normalized spacial score (nSPS) is 13.8. The number of carbonyl (C=O) groups is 3. The number of aromatic nitrogens is 2. The average Bonchev–Trinajstić information content (AvgIpc) is 2.94. The Morgan fingerprint density at radius 3 is 2.36 bits per heavy atom. The lowest BCUT2D eigenvalue weighted by Gasteiger charge is -2.26. The second-order valence-corrected chi connectivity index (χ2v) is 8.64. The Morgan fingerprint density at radius 2 is 1.72 bits per heavy atom. The number of methoxy groups -OCH3 is 1. The third kappa shape index (κ3) is 7.49. The number of morpholine rings is 1. The maximum absolute atomic E-state index is 13.0. The Hall–Kier alpha value is -4.55. The topological polar surface area (TPSA) is 149 Å². The van der Waals surface area contributed by atoms with Gasteiger partial charge in [0.2, 0.25) is 11.8 Å². The van der Waals surface area contributed by atoms with Gasteiger partial charge in [-0.15, -0.1) is 0 Å². The summed E-state index contributed by atoms with van der Waals surface area (Å²) in [4.78, 5) is 46.8. The molecule has 0 bridgehead atoms. The molecule has 1 aliphatic rings. The summed E-state index contributed by atoms with van der Waals surface area (Å²) in [6.07, 6.45) is 0.789. The van der Waals surface area contributed by atoms with E-state index >= 15 is 0 Å². The summed E-state index contributed by atoms with van der Waals surface area (Å²) in [7, 11) is 1.54. The molecule has 3 heterocycles.